The van der Waals surface area contributed by atoms with Crippen LogP contribution in [0.3, 0.4) is 0 Å². The maximum absolute atomic E-state index is 9.51. The summed E-state index contributed by atoms with van der Waals surface area (Å²) in [5, 5.41) is 10.4. The van der Waals surface area contributed by atoms with Crippen molar-refractivity contribution in [2.24, 2.45) is 0 Å². The van der Waals surface area contributed by atoms with Crippen molar-refractivity contribution >= 4 is 11.3 Å². The maximum atomic E-state index is 9.51. The van der Waals surface area contributed by atoms with Crippen molar-refractivity contribution in [1.29, 1.82) is 0 Å². The Hall–Kier alpha value is -0.410. The largest absolute Gasteiger partial charge is 0.386 e. The molecule has 1 aromatic rings. The number of hydrogen-bond acceptors (Lipinski definition) is 3. The van der Waals surface area contributed by atoms with E-state index in [0.29, 0.717) is 5.92 Å². The summed E-state index contributed by atoms with van der Waals surface area (Å²) in [4.78, 5) is 5.91. The lowest BCUT2D eigenvalue weighted by Crippen LogP contribution is -2.06. The highest BCUT2D eigenvalue weighted by Crippen LogP contribution is 2.36. The normalized spacial score (nSPS) is 20.5. The van der Waals surface area contributed by atoms with E-state index >= 15 is 0 Å². The summed E-state index contributed by atoms with van der Waals surface area (Å²) in [5.41, 5.74) is 1.26. The maximum Gasteiger partial charge on any atom is 0.121 e. The monoisotopic (exact) mass is 225 g/mol. The first kappa shape index (κ1) is 11.1. The molecule has 0 amide bonds. The molecule has 1 aromatic heterocycles. The minimum Gasteiger partial charge on any atom is -0.386 e. The third-order valence-corrected chi connectivity index (χ3v) is 4.36. The fourth-order valence-electron chi connectivity index (χ4n) is 2.36. The van der Waals surface area contributed by atoms with Gasteiger partial charge < -0.3 is 5.11 Å². The van der Waals surface area contributed by atoms with Crippen LogP contribution in [-0.4, -0.2) is 10.1 Å². The number of aryl methyl sites for hydroxylation is 1. The van der Waals surface area contributed by atoms with Crippen LogP contribution in [-0.2, 0) is 0 Å². The predicted molar refractivity (Wildman–Crippen MR) is 63.3 cm³/mol. The summed E-state index contributed by atoms with van der Waals surface area (Å²) in [6.45, 7) is 3.93. The third-order valence-electron chi connectivity index (χ3n) is 3.20. The van der Waals surface area contributed by atoms with Gasteiger partial charge in [-0.05, 0) is 26.7 Å². The molecule has 0 radical (unpaired) electrons. The van der Waals surface area contributed by atoms with Crippen molar-refractivity contribution in [1.82, 2.24) is 4.98 Å². The molecule has 84 valence electrons. The Morgan fingerprint density at radius 1 is 1.33 bits per heavy atom. The molecule has 1 aliphatic carbocycles. The fourth-order valence-corrected chi connectivity index (χ4v) is 3.31. The Kier molecular flexibility index (Phi) is 3.42. The first-order valence-electron chi connectivity index (χ1n) is 5.83. The van der Waals surface area contributed by atoms with Gasteiger partial charge in [0.15, 0.2) is 0 Å². The van der Waals surface area contributed by atoms with Crippen molar-refractivity contribution in [2.45, 2.75) is 58.0 Å². The van der Waals surface area contributed by atoms with Gasteiger partial charge in [0, 0.05) is 10.8 Å². The zero-order valence-corrected chi connectivity index (χ0v) is 10.3. The molecule has 0 aliphatic heterocycles. The molecule has 0 spiro atoms. The van der Waals surface area contributed by atoms with Crippen molar-refractivity contribution in [3.8, 4) is 0 Å². The van der Waals surface area contributed by atoms with E-state index in [-0.39, 0.29) is 0 Å². The molecule has 0 bridgehead atoms. The first-order chi connectivity index (χ1) is 7.18. The van der Waals surface area contributed by atoms with E-state index in [2.05, 4.69) is 11.9 Å². The molecular formula is C12H19NOS. The average Bonchev–Trinajstić information content (AvgIpc) is 2.62. The Bertz CT molecular complexity index is 326. The summed E-state index contributed by atoms with van der Waals surface area (Å²) in [7, 11) is 0. The van der Waals surface area contributed by atoms with E-state index in [4.69, 9.17) is 0 Å². The first-order valence-corrected chi connectivity index (χ1v) is 6.65. The van der Waals surface area contributed by atoms with Gasteiger partial charge >= 0.3 is 0 Å². The molecule has 1 aliphatic rings. The minimum atomic E-state index is -0.411. The highest BCUT2D eigenvalue weighted by Gasteiger charge is 2.21. The number of rotatable bonds is 2. The Balaban J connectivity index is 2.19. The Morgan fingerprint density at radius 2 is 2.00 bits per heavy atom. The van der Waals surface area contributed by atoms with Crippen LogP contribution in [0.1, 0.15) is 66.6 Å². The van der Waals surface area contributed by atoms with E-state index < -0.39 is 6.10 Å². The SMILES string of the molecule is Cc1sc(C(C)O)nc1C1CCCCC1. The highest BCUT2D eigenvalue weighted by atomic mass is 32.1. The molecule has 1 unspecified atom stereocenters. The minimum absolute atomic E-state index is 0.411. The molecule has 1 heterocycles. The van der Waals surface area contributed by atoms with Crippen LogP contribution in [0.2, 0.25) is 0 Å². The van der Waals surface area contributed by atoms with E-state index in [0.717, 1.165) is 5.01 Å². The third kappa shape index (κ3) is 2.40. The molecule has 2 rings (SSSR count). The molecular weight excluding hydrogens is 206 g/mol. The second-order valence-electron chi connectivity index (χ2n) is 4.50. The zero-order valence-electron chi connectivity index (χ0n) is 9.49. The van der Waals surface area contributed by atoms with E-state index in [1.807, 2.05) is 0 Å². The highest BCUT2D eigenvalue weighted by molar-refractivity contribution is 7.11. The van der Waals surface area contributed by atoms with Gasteiger partial charge in [0.1, 0.15) is 11.1 Å². The predicted octanol–water partition coefficient (Wildman–Crippen LogP) is 3.55. The molecule has 15 heavy (non-hydrogen) atoms. The average molecular weight is 225 g/mol. The smallest absolute Gasteiger partial charge is 0.121 e. The second kappa shape index (κ2) is 4.62. The summed E-state index contributed by atoms with van der Waals surface area (Å²) in [5.74, 6) is 0.655. The van der Waals surface area contributed by atoms with Gasteiger partial charge in [0.25, 0.3) is 0 Å². The number of aromatic nitrogens is 1. The van der Waals surface area contributed by atoms with Crippen LogP contribution < -0.4 is 0 Å². The Morgan fingerprint density at radius 3 is 2.53 bits per heavy atom. The van der Waals surface area contributed by atoms with Gasteiger partial charge in [0.2, 0.25) is 0 Å². The quantitative estimate of drug-likeness (QED) is 0.835. The van der Waals surface area contributed by atoms with Gasteiger partial charge in [0.05, 0.1) is 5.69 Å². The van der Waals surface area contributed by atoms with E-state index in [1.54, 1.807) is 18.3 Å². The van der Waals surface area contributed by atoms with Crippen LogP contribution in [0.5, 0.6) is 0 Å². The second-order valence-corrected chi connectivity index (χ2v) is 5.74. The molecule has 0 aromatic carbocycles. The number of hydrogen-bond donors (Lipinski definition) is 1. The summed E-state index contributed by atoms with van der Waals surface area (Å²) >= 11 is 1.65. The lowest BCUT2D eigenvalue weighted by atomic mass is 9.86. The van der Waals surface area contributed by atoms with Gasteiger partial charge in [-0.15, -0.1) is 11.3 Å². The fraction of sp³-hybridized carbons (Fsp3) is 0.750. The molecule has 1 atom stereocenters. The van der Waals surface area contributed by atoms with Crippen LogP contribution in [0.4, 0.5) is 0 Å². The van der Waals surface area contributed by atoms with Crippen LogP contribution in [0.15, 0.2) is 0 Å². The van der Waals surface area contributed by atoms with Gasteiger partial charge in [-0.2, -0.15) is 0 Å². The van der Waals surface area contributed by atoms with Crippen LogP contribution >= 0.6 is 11.3 Å². The molecule has 2 nitrogen and oxygen atoms in total. The summed E-state index contributed by atoms with van der Waals surface area (Å²) in [6, 6.07) is 0. The molecule has 1 saturated carbocycles. The number of thiazole rings is 1. The standard InChI is InChI=1S/C12H19NOS/c1-8(14)12-13-11(9(2)15-12)10-6-4-3-5-7-10/h8,10,14H,3-7H2,1-2H3. The molecule has 1 fully saturated rings. The lowest BCUT2D eigenvalue weighted by molar-refractivity contribution is 0.198. The zero-order chi connectivity index (χ0) is 10.8. The van der Waals surface area contributed by atoms with Crippen molar-refractivity contribution in [3.05, 3.63) is 15.6 Å². The lowest BCUT2D eigenvalue weighted by Gasteiger charge is -2.20. The van der Waals surface area contributed by atoms with Crippen molar-refractivity contribution < 1.29 is 5.11 Å². The Labute approximate surface area is 95.4 Å². The number of aliphatic hydroxyl groups excluding tert-OH is 1. The van der Waals surface area contributed by atoms with E-state index in [1.165, 1.54) is 42.7 Å². The van der Waals surface area contributed by atoms with Crippen LogP contribution in [0, 0.1) is 6.92 Å². The number of aliphatic hydroxyl groups is 1. The van der Waals surface area contributed by atoms with Crippen LogP contribution in [0.25, 0.3) is 0 Å². The molecule has 0 saturated heterocycles. The van der Waals surface area contributed by atoms with Gasteiger partial charge in [-0.1, -0.05) is 19.3 Å². The van der Waals surface area contributed by atoms with Gasteiger partial charge in [-0.3, -0.25) is 0 Å². The summed E-state index contributed by atoms with van der Waals surface area (Å²) in [6.07, 6.45) is 6.21. The topological polar surface area (TPSA) is 33.1 Å². The van der Waals surface area contributed by atoms with Gasteiger partial charge in [-0.25, -0.2) is 4.98 Å². The van der Waals surface area contributed by atoms with Crippen molar-refractivity contribution in [2.75, 3.05) is 0 Å². The summed E-state index contributed by atoms with van der Waals surface area (Å²) < 4.78 is 0. The molecule has 1 N–H and O–H groups in total. The number of nitrogens with zero attached hydrogens (tertiary/aromatic N) is 1. The molecule has 3 heteroatoms. The van der Waals surface area contributed by atoms with E-state index in [9.17, 15) is 5.11 Å². The van der Waals surface area contributed by atoms with Crippen molar-refractivity contribution in [3.63, 3.8) is 0 Å².